The lowest BCUT2D eigenvalue weighted by molar-refractivity contribution is -0.141. The van der Waals surface area contributed by atoms with Gasteiger partial charge in [0.05, 0.1) is 17.6 Å². The second kappa shape index (κ2) is 4.37. The number of hydrogen-bond donors (Lipinski definition) is 1. The lowest BCUT2D eigenvalue weighted by Crippen LogP contribution is -2.12. The van der Waals surface area contributed by atoms with Crippen LogP contribution in [0.15, 0.2) is 30.6 Å². The molecule has 2 heterocycles. The summed E-state index contributed by atoms with van der Waals surface area (Å²) in [4.78, 5) is 4.04. The molecule has 2 aromatic heterocycles. The van der Waals surface area contributed by atoms with Gasteiger partial charge in [-0.15, -0.1) is 0 Å². The zero-order valence-corrected chi connectivity index (χ0v) is 9.66. The Morgan fingerprint density at radius 3 is 2.44 bits per heavy atom. The van der Waals surface area contributed by atoms with Crippen LogP contribution < -0.4 is 5.73 Å². The number of alkyl halides is 3. The van der Waals surface area contributed by atoms with Crippen molar-refractivity contribution in [2.75, 3.05) is 0 Å². The highest BCUT2D eigenvalue weighted by atomic mass is 32.1. The van der Waals surface area contributed by atoms with Crippen LogP contribution in [0.1, 0.15) is 11.4 Å². The maximum Gasteiger partial charge on any atom is 0.435 e. The molecule has 0 unspecified atom stereocenters. The maximum atomic E-state index is 12.4. The molecule has 0 atom stereocenters. The van der Waals surface area contributed by atoms with Crippen LogP contribution in [-0.2, 0) is 6.18 Å². The summed E-state index contributed by atoms with van der Waals surface area (Å²) in [5.41, 5.74) is 5.20. The van der Waals surface area contributed by atoms with Crippen LogP contribution in [0.25, 0.3) is 5.69 Å². The standard InChI is InChI=1S/C10H7F3N4S/c11-10(12,13)8-3-4-17(16-8)6-1-2-7(9(14)18)15-5-6/h1-5H,(H2,14,18). The molecular weight excluding hydrogens is 265 g/mol. The number of nitrogens with two attached hydrogens (primary N) is 1. The van der Waals surface area contributed by atoms with E-state index < -0.39 is 11.9 Å². The normalized spacial score (nSPS) is 11.5. The van der Waals surface area contributed by atoms with Crippen molar-refractivity contribution in [2.45, 2.75) is 6.18 Å². The van der Waals surface area contributed by atoms with Gasteiger partial charge in [0.1, 0.15) is 4.99 Å². The average Bonchev–Trinajstić information content (AvgIpc) is 2.78. The number of nitrogens with zero attached hydrogens (tertiary/aromatic N) is 3. The van der Waals surface area contributed by atoms with Crippen molar-refractivity contribution in [1.29, 1.82) is 0 Å². The second-order valence-corrected chi connectivity index (χ2v) is 3.85. The summed E-state index contributed by atoms with van der Waals surface area (Å²) in [5, 5.41) is 3.41. The van der Waals surface area contributed by atoms with E-state index in [-0.39, 0.29) is 4.99 Å². The van der Waals surface area contributed by atoms with Gasteiger partial charge in [-0.25, -0.2) is 4.68 Å². The third-order valence-electron chi connectivity index (χ3n) is 2.14. The van der Waals surface area contributed by atoms with Crippen molar-refractivity contribution in [3.63, 3.8) is 0 Å². The molecule has 0 aliphatic heterocycles. The van der Waals surface area contributed by atoms with Crippen LogP contribution in [0.4, 0.5) is 13.2 Å². The Bertz CT molecular complexity index is 574. The molecule has 94 valence electrons. The van der Waals surface area contributed by atoms with E-state index >= 15 is 0 Å². The maximum absolute atomic E-state index is 12.4. The highest BCUT2D eigenvalue weighted by Crippen LogP contribution is 2.27. The van der Waals surface area contributed by atoms with Gasteiger partial charge in [0.15, 0.2) is 5.69 Å². The third-order valence-corrected chi connectivity index (χ3v) is 2.35. The van der Waals surface area contributed by atoms with Crippen molar-refractivity contribution in [2.24, 2.45) is 5.73 Å². The summed E-state index contributed by atoms with van der Waals surface area (Å²) >= 11 is 4.72. The summed E-state index contributed by atoms with van der Waals surface area (Å²) in [5.74, 6) is 0. The first kappa shape index (κ1) is 12.5. The first-order valence-corrected chi connectivity index (χ1v) is 5.18. The van der Waals surface area contributed by atoms with E-state index in [9.17, 15) is 13.2 Å². The van der Waals surface area contributed by atoms with Crippen LogP contribution in [-0.4, -0.2) is 19.8 Å². The summed E-state index contributed by atoms with van der Waals surface area (Å²) in [7, 11) is 0. The fourth-order valence-electron chi connectivity index (χ4n) is 1.29. The smallest absolute Gasteiger partial charge is 0.388 e. The molecule has 18 heavy (non-hydrogen) atoms. The van der Waals surface area contributed by atoms with E-state index in [0.717, 1.165) is 10.7 Å². The largest absolute Gasteiger partial charge is 0.435 e. The van der Waals surface area contributed by atoms with Crippen molar-refractivity contribution in [1.82, 2.24) is 14.8 Å². The quantitative estimate of drug-likeness (QED) is 0.849. The second-order valence-electron chi connectivity index (χ2n) is 3.41. The lowest BCUT2D eigenvalue weighted by Gasteiger charge is -2.03. The van der Waals surface area contributed by atoms with E-state index in [2.05, 4.69) is 10.1 Å². The zero-order chi connectivity index (χ0) is 13.3. The average molecular weight is 272 g/mol. The number of hydrogen-bond acceptors (Lipinski definition) is 3. The predicted molar refractivity (Wildman–Crippen MR) is 62.2 cm³/mol. The van der Waals surface area contributed by atoms with Crippen LogP contribution in [0, 0.1) is 0 Å². The minimum atomic E-state index is -4.46. The Kier molecular flexibility index (Phi) is 3.04. The van der Waals surface area contributed by atoms with Gasteiger partial charge in [0, 0.05) is 6.20 Å². The first-order valence-electron chi connectivity index (χ1n) is 4.77. The molecule has 0 saturated heterocycles. The van der Waals surface area contributed by atoms with Crippen molar-refractivity contribution in [3.8, 4) is 5.69 Å². The SMILES string of the molecule is NC(=S)c1ccc(-n2ccc(C(F)(F)F)n2)cn1. The van der Waals surface area contributed by atoms with Crippen molar-refractivity contribution < 1.29 is 13.2 Å². The number of thiocarbonyl (C=S) groups is 1. The summed E-state index contributed by atoms with van der Waals surface area (Å²) < 4.78 is 38.2. The molecule has 2 aromatic rings. The Morgan fingerprint density at radius 1 is 1.28 bits per heavy atom. The number of pyridine rings is 1. The highest BCUT2D eigenvalue weighted by molar-refractivity contribution is 7.80. The summed E-state index contributed by atoms with van der Waals surface area (Å²) in [6.07, 6.45) is -1.90. The summed E-state index contributed by atoms with van der Waals surface area (Å²) in [6.45, 7) is 0. The van der Waals surface area contributed by atoms with Crippen LogP contribution in [0.3, 0.4) is 0 Å². The highest BCUT2D eigenvalue weighted by Gasteiger charge is 2.33. The molecule has 2 N–H and O–H groups in total. The van der Waals surface area contributed by atoms with Crippen LogP contribution in [0.5, 0.6) is 0 Å². The topological polar surface area (TPSA) is 56.7 Å². The van der Waals surface area contributed by atoms with Gasteiger partial charge in [0.25, 0.3) is 0 Å². The molecule has 2 rings (SSSR count). The van der Waals surface area contributed by atoms with E-state index in [1.54, 1.807) is 0 Å². The van der Waals surface area contributed by atoms with E-state index in [1.165, 1.54) is 24.5 Å². The lowest BCUT2D eigenvalue weighted by atomic mass is 10.3. The molecule has 0 aliphatic carbocycles. The molecule has 0 aromatic carbocycles. The van der Waals surface area contributed by atoms with Gasteiger partial charge in [-0.05, 0) is 18.2 Å². The fourth-order valence-corrected chi connectivity index (χ4v) is 1.41. The molecular formula is C10H7F3N4S. The third kappa shape index (κ3) is 2.48. The Labute approximate surface area is 105 Å². The van der Waals surface area contributed by atoms with Gasteiger partial charge in [0.2, 0.25) is 0 Å². The molecule has 0 bridgehead atoms. The molecule has 8 heteroatoms. The number of aromatic nitrogens is 3. The van der Waals surface area contributed by atoms with Gasteiger partial charge in [-0.3, -0.25) is 4.98 Å². The van der Waals surface area contributed by atoms with Gasteiger partial charge < -0.3 is 5.73 Å². The van der Waals surface area contributed by atoms with Crippen LogP contribution in [0.2, 0.25) is 0 Å². The van der Waals surface area contributed by atoms with Crippen LogP contribution >= 0.6 is 12.2 Å². The fraction of sp³-hybridized carbons (Fsp3) is 0.100. The van der Waals surface area contributed by atoms with Gasteiger partial charge in [-0.1, -0.05) is 12.2 Å². The molecule has 0 fully saturated rings. The van der Waals surface area contributed by atoms with Crippen molar-refractivity contribution >= 4 is 17.2 Å². The van der Waals surface area contributed by atoms with Gasteiger partial charge in [-0.2, -0.15) is 18.3 Å². The van der Waals surface area contributed by atoms with E-state index in [1.807, 2.05) is 0 Å². The molecule has 0 amide bonds. The minimum Gasteiger partial charge on any atom is -0.388 e. The minimum absolute atomic E-state index is 0.123. The molecule has 0 aliphatic rings. The molecule has 0 spiro atoms. The summed E-state index contributed by atoms with van der Waals surface area (Å²) in [6, 6.07) is 3.95. The number of rotatable bonds is 2. The molecule has 0 radical (unpaired) electrons. The van der Waals surface area contributed by atoms with E-state index in [4.69, 9.17) is 18.0 Å². The zero-order valence-electron chi connectivity index (χ0n) is 8.85. The van der Waals surface area contributed by atoms with E-state index in [0.29, 0.717) is 11.4 Å². The Hall–Kier alpha value is -1.96. The monoisotopic (exact) mass is 272 g/mol. The predicted octanol–water partition coefficient (Wildman–Crippen LogP) is 1.92. The molecule has 4 nitrogen and oxygen atoms in total. The van der Waals surface area contributed by atoms with Crippen molar-refractivity contribution in [3.05, 3.63) is 42.0 Å². The number of halogens is 3. The first-order chi connectivity index (χ1) is 8.38. The molecule has 0 saturated carbocycles. The Balaban J connectivity index is 2.32. The van der Waals surface area contributed by atoms with Gasteiger partial charge >= 0.3 is 6.18 Å². The Morgan fingerprint density at radius 2 is 2.00 bits per heavy atom.